The summed E-state index contributed by atoms with van der Waals surface area (Å²) < 4.78 is 0. The van der Waals surface area contributed by atoms with Crippen molar-refractivity contribution in [3.63, 3.8) is 0 Å². The van der Waals surface area contributed by atoms with Crippen LogP contribution in [0.4, 0.5) is 0 Å². The zero-order chi connectivity index (χ0) is 12.1. The van der Waals surface area contributed by atoms with E-state index in [9.17, 15) is 9.59 Å². The Morgan fingerprint density at radius 2 is 1.69 bits per heavy atom. The van der Waals surface area contributed by atoms with Gasteiger partial charge in [0, 0.05) is 0 Å². The Kier molecular flexibility index (Phi) is 3.53. The summed E-state index contributed by atoms with van der Waals surface area (Å²) in [5, 5.41) is 17.6. The van der Waals surface area contributed by atoms with Crippen molar-refractivity contribution in [1.29, 1.82) is 10.5 Å². The number of hydrogen-bond donors (Lipinski definition) is 0. The van der Waals surface area contributed by atoms with Crippen molar-refractivity contribution in [2.24, 2.45) is 0 Å². The molecule has 0 radical (unpaired) electrons. The third kappa shape index (κ3) is 2.31. The highest BCUT2D eigenvalue weighted by molar-refractivity contribution is 6.09. The number of nitriles is 2. The maximum Gasteiger partial charge on any atom is 0.172 e. The number of hydrogen-bond acceptors (Lipinski definition) is 4. The van der Waals surface area contributed by atoms with Gasteiger partial charge in [-0.05, 0) is 19.1 Å². The molecular weight excluding hydrogens is 204 g/mol. The van der Waals surface area contributed by atoms with Gasteiger partial charge in [-0.25, -0.2) is 0 Å². The van der Waals surface area contributed by atoms with E-state index in [0.717, 1.165) is 0 Å². The highest BCUT2D eigenvalue weighted by Crippen LogP contribution is 2.15. The molecule has 4 heteroatoms. The molecule has 0 atom stereocenters. The van der Waals surface area contributed by atoms with E-state index in [1.807, 2.05) is 12.1 Å². The quantitative estimate of drug-likeness (QED) is 0.562. The molecule has 0 saturated carbocycles. The summed E-state index contributed by atoms with van der Waals surface area (Å²) in [4.78, 5) is 22.5. The monoisotopic (exact) mass is 212 g/mol. The van der Waals surface area contributed by atoms with Crippen molar-refractivity contribution in [1.82, 2.24) is 0 Å². The van der Waals surface area contributed by atoms with Gasteiger partial charge in [-0.2, -0.15) is 10.5 Å². The molecule has 1 aromatic carbocycles. The smallest absolute Gasteiger partial charge is 0.172 e. The van der Waals surface area contributed by atoms with E-state index in [0.29, 0.717) is 0 Å². The minimum Gasteiger partial charge on any atom is -0.300 e. The summed E-state index contributed by atoms with van der Waals surface area (Å²) >= 11 is 0. The second-order valence-electron chi connectivity index (χ2n) is 3.25. The lowest BCUT2D eigenvalue weighted by atomic mass is 9.96. The van der Waals surface area contributed by atoms with E-state index < -0.39 is 5.78 Å². The van der Waals surface area contributed by atoms with Gasteiger partial charge in [0.05, 0.1) is 35.2 Å². The Balaban J connectivity index is 3.31. The molecule has 16 heavy (non-hydrogen) atoms. The third-order valence-electron chi connectivity index (χ3n) is 1.99. The van der Waals surface area contributed by atoms with E-state index >= 15 is 0 Å². The molecule has 0 aromatic heterocycles. The van der Waals surface area contributed by atoms with E-state index in [1.165, 1.54) is 25.1 Å². The first-order valence-electron chi connectivity index (χ1n) is 4.56. The summed E-state index contributed by atoms with van der Waals surface area (Å²) in [7, 11) is 0. The van der Waals surface area contributed by atoms with Crippen molar-refractivity contribution in [3.05, 3.63) is 34.9 Å². The van der Waals surface area contributed by atoms with Gasteiger partial charge in [0.15, 0.2) is 5.78 Å². The Morgan fingerprint density at radius 3 is 2.06 bits per heavy atom. The van der Waals surface area contributed by atoms with E-state index in [-0.39, 0.29) is 28.9 Å². The second-order valence-corrected chi connectivity index (χ2v) is 3.25. The molecule has 1 aromatic rings. The van der Waals surface area contributed by atoms with Gasteiger partial charge in [0.25, 0.3) is 0 Å². The lowest BCUT2D eigenvalue weighted by Crippen LogP contribution is -2.09. The normalized spacial score (nSPS) is 8.94. The molecule has 0 aliphatic carbocycles. The van der Waals surface area contributed by atoms with Crippen LogP contribution in [0.3, 0.4) is 0 Å². The number of Topliss-reactive ketones (excluding diaryl/α,β-unsaturated/α-hetero) is 2. The van der Waals surface area contributed by atoms with Crippen LogP contribution in [0.5, 0.6) is 0 Å². The van der Waals surface area contributed by atoms with Crippen molar-refractivity contribution in [3.8, 4) is 12.1 Å². The number of rotatable bonds is 3. The lowest BCUT2D eigenvalue weighted by molar-refractivity contribution is -0.116. The molecule has 0 heterocycles. The van der Waals surface area contributed by atoms with E-state index in [4.69, 9.17) is 10.5 Å². The van der Waals surface area contributed by atoms with E-state index in [1.54, 1.807) is 0 Å². The van der Waals surface area contributed by atoms with Crippen LogP contribution in [-0.4, -0.2) is 11.6 Å². The molecule has 0 aliphatic heterocycles. The molecule has 0 amide bonds. The summed E-state index contributed by atoms with van der Waals surface area (Å²) in [6.07, 6.45) is -0.284. The van der Waals surface area contributed by atoms with Crippen molar-refractivity contribution >= 4 is 11.6 Å². The summed E-state index contributed by atoms with van der Waals surface area (Å²) in [5.41, 5.74) is 0.304. The first kappa shape index (κ1) is 11.6. The van der Waals surface area contributed by atoms with Crippen molar-refractivity contribution < 1.29 is 9.59 Å². The van der Waals surface area contributed by atoms with E-state index in [2.05, 4.69) is 0 Å². The summed E-state index contributed by atoms with van der Waals surface area (Å²) in [6, 6.07) is 8.12. The zero-order valence-corrected chi connectivity index (χ0v) is 8.65. The Labute approximate surface area is 92.7 Å². The van der Waals surface area contributed by atoms with Gasteiger partial charge in [-0.15, -0.1) is 0 Å². The largest absolute Gasteiger partial charge is 0.300 e. The Bertz CT molecular complexity index is 501. The minimum absolute atomic E-state index is 0.0442. The Hall–Kier alpha value is -2.46. The first-order chi connectivity index (χ1) is 7.60. The number of nitrogens with zero attached hydrogens (tertiary/aromatic N) is 2. The molecule has 0 fully saturated rings. The number of benzene rings is 1. The fourth-order valence-corrected chi connectivity index (χ4v) is 1.35. The van der Waals surface area contributed by atoms with Crippen LogP contribution in [0, 0.1) is 22.7 Å². The highest BCUT2D eigenvalue weighted by atomic mass is 16.1. The first-order valence-corrected chi connectivity index (χ1v) is 4.56. The highest BCUT2D eigenvalue weighted by Gasteiger charge is 2.17. The van der Waals surface area contributed by atoms with Crippen LogP contribution < -0.4 is 0 Å². The zero-order valence-electron chi connectivity index (χ0n) is 8.65. The second kappa shape index (κ2) is 4.86. The molecule has 1 rings (SSSR count). The molecule has 0 spiro atoms. The van der Waals surface area contributed by atoms with Crippen LogP contribution in [0.25, 0.3) is 0 Å². The fourth-order valence-electron chi connectivity index (χ4n) is 1.35. The summed E-state index contributed by atoms with van der Waals surface area (Å²) in [5.74, 6) is -0.775. The summed E-state index contributed by atoms with van der Waals surface area (Å²) in [6.45, 7) is 1.29. The van der Waals surface area contributed by atoms with Gasteiger partial charge in [-0.1, -0.05) is 6.07 Å². The number of carbonyl (C=O) groups is 2. The predicted molar refractivity (Wildman–Crippen MR) is 55.5 cm³/mol. The Morgan fingerprint density at radius 1 is 1.19 bits per heavy atom. The van der Waals surface area contributed by atoms with Crippen LogP contribution >= 0.6 is 0 Å². The molecule has 0 saturated heterocycles. The van der Waals surface area contributed by atoms with Gasteiger partial charge in [0.2, 0.25) is 0 Å². The fraction of sp³-hybridized carbons (Fsp3) is 0.167. The number of carbonyl (C=O) groups excluding carboxylic acids is 2. The van der Waals surface area contributed by atoms with Crippen LogP contribution in [0.2, 0.25) is 0 Å². The topological polar surface area (TPSA) is 81.7 Å². The average molecular weight is 212 g/mol. The van der Waals surface area contributed by atoms with Gasteiger partial charge in [-0.3, -0.25) is 9.59 Å². The molecule has 0 bridgehead atoms. The van der Waals surface area contributed by atoms with Crippen LogP contribution in [0.15, 0.2) is 18.2 Å². The molecule has 4 nitrogen and oxygen atoms in total. The SMILES string of the molecule is CC(=O)CC(=O)c1c(C#N)cccc1C#N. The van der Waals surface area contributed by atoms with Crippen molar-refractivity contribution in [2.75, 3.05) is 0 Å². The van der Waals surface area contributed by atoms with Crippen LogP contribution in [0.1, 0.15) is 34.8 Å². The molecule has 0 N–H and O–H groups in total. The van der Waals surface area contributed by atoms with Gasteiger partial charge in [0.1, 0.15) is 5.78 Å². The molecule has 78 valence electrons. The standard InChI is InChI=1S/C12H8N2O2/c1-8(15)5-11(16)12-9(6-13)3-2-4-10(12)7-14/h2-4H,5H2,1H3. The average Bonchev–Trinajstić information content (AvgIpc) is 2.26. The lowest BCUT2D eigenvalue weighted by Gasteiger charge is -2.03. The molecule has 0 unspecified atom stereocenters. The molecule has 0 aliphatic rings. The maximum atomic E-state index is 11.7. The third-order valence-corrected chi connectivity index (χ3v) is 1.99. The minimum atomic E-state index is -0.485. The predicted octanol–water partition coefficient (Wildman–Crippen LogP) is 1.59. The van der Waals surface area contributed by atoms with Crippen LogP contribution in [-0.2, 0) is 4.79 Å². The van der Waals surface area contributed by atoms with Crippen molar-refractivity contribution in [2.45, 2.75) is 13.3 Å². The number of ketones is 2. The maximum absolute atomic E-state index is 11.7. The molecular formula is C12H8N2O2. The van der Waals surface area contributed by atoms with Gasteiger partial charge >= 0.3 is 0 Å². The van der Waals surface area contributed by atoms with Gasteiger partial charge < -0.3 is 0 Å².